The zero-order valence-corrected chi connectivity index (χ0v) is 13.9. The summed E-state index contributed by atoms with van der Waals surface area (Å²) >= 11 is 0. The number of carbonyl (C=O) groups excluding carboxylic acids is 1. The van der Waals surface area contributed by atoms with Crippen LogP contribution in [0.15, 0.2) is 48.8 Å². The molecule has 0 spiro atoms. The van der Waals surface area contributed by atoms with E-state index in [1.807, 2.05) is 36.4 Å². The number of anilines is 1. The molecule has 24 heavy (non-hydrogen) atoms. The fourth-order valence-electron chi connectivity index (χ4n) is 3.05. The standard InChI is InChI=1S/C19H23N3O2/c1-14(15-7-9-20-10-8-15)21-17-5-2-4-16(12-17)19(24)22-11-3-6-18(23)13-22/h2,4-5,7-10,12,14,18,21,23H,3,6,11,13H2,1H3. The number of β-amino-alcohol motifs (C(OH)–C–C–N with tert-alkyl or cyclic N) is 1. The smallest absolute Gasteiger partial charge is 0.254 e. The number of aliphatic hydroxyl groups excluding tert-OH is 1. The minimum atomic E-state index is -0.407. The molecule has 5 heteroatoms. The maximum Gasteiger partial charge on any atom is 0.254 e. The maximum atomic E-state index is 12.6. The second-order valence-corrected chi connectivity index (χ2v) is 6.27. The zero-order valence-electron chi connectivity index (χ0n) is 13.9. The molecule has 1 aliphatic heterocycles. The highest BCUT2D eigenvalue weighted by molar-refractivity contribution is 5.95. The number of hydrogen-bond donors (Lipinski definition) is 2. The van der Waals surface area contributed by atoms with E-state index >= 15 is 0 Å². The van der Waals surface area contributed by atoms with Gasteiger partial charge in [-0.2, -0.15) is 0 Å². The first-order valence-corrected chi connectivity index (χ1v) is 8.37. The van der Waals surface area contributed by atoms with Crippen molar-refractivity contribution in [2.45, 2.75) is 31.9 Å². The number of piperidine rings is 1. The van der Waals surface area contributed by atoms with Crippen LogP contribution in [0.2, 0.25) is 0 Å². The number of hydrogen-bond acceptors (Lipinski definition) is 4. The van der Waals surface area contributed by atoms with E-state index in [1.165, 1.54) is 0 Å². The lowest BCUT2D eigenvalue weighted by Crippen LogP contribution is -2.42. The van der Waals surface area contributed by atoms with Crippen LogP contribution in [0.4, 0.5) is 5.69 Å². The Morgan fingerprint density at radius 2 is 2.12 bits per heavy atom. The Balaban J connectivity index is 1.71. The van der Waals surface area contributed by atoms with Crippen molar-refractivity contribution in [1.29, 1.82) is 0 Å². The molecule has 0 aliphatic carbocycles. The van der Waals surface area contributed by atoms with Crippen LogP contribution in [-0.2, 0) is 0 Å². The van der Waals surface area contributed by atoms with Gasteiger partial charge in [0.2, 0.25) is 0 Å². The molecule has 3 rings (SSSR count). The first kappa shape index (κ1) is 16.5. The summed E-state index contributed by atoms with van der Waals surface area (Å²) in [5, 5.41) is 13.2. The third-order valence-electron chi connectivity index (χ3n) is 4.38. The third kappa shape index (κ3) is 3.92. The van der Waals surface area contributed by atoms with Gasteiger partial charge in [0.15, 0.2) is 0 Å². The van der Waals surface area contributed by atoms with E-state index in [4.69, 9.17) is 0 Å². The molecule has 0 radical (unpaired) electrons. The average Bonchev–Trinajstić information content (AvgIpc) is 2.62. The van der Waals surface area contributed by atoms with Gasteiger partial charge in [-0.1, -0.05) is 6.07 Å². The number of nitrogens with zero attached hydrogens (tertiary/aromatic N) is 2. The molecule has 1 aromatic heterocycles. The molecule has 126 valence electrons. The fraction of sp³-hybridized carbons (Fsp3) is 0.368. The molecule has 1 fully saturated rings. The van der Waals surface area contributed by atoms with E-state index in [0.717, 1.165) is 24.1 Å². The summed E-state index contributed by atoms with van der Waals surface area (Å²) in [4.78, 5) is 18.4. The number of carbonyl (C=O) groups is 1. The lowest BCUT2D eigenvalue weighted by atomic mass is 10.1. The van der Waals surface area contributed by atoms with E-state index in [9.17, 15) is 9.90 Å². The molecule has 1 amide bonds. The highest BCUT2D eigenvalue weighted by atomic mass is 16.3. The predicted octanol–water partition coefficient (Wildman–Crippen LogP) is 2.85. The SMILES string of the molecule is CC(Nc1cccc(C(=O)N2CCCC(O)C2)c1)c1ccncc1. The monoisotopic (exact) mass is 325 g/mol. The summed E-state index contributed by atoms with van der Waals surface area (Å²) in [7, 11) is 0. The van der Waals surface area contributed by atoms with E-state index < -0.39 is 6.10 Å². The predicted molar refractivity (Wildman–Crippen MR) is 93.9 cm³/mol. The van der Waals surface area contributed by atoms with Crippen LogP contribution in [0.3, 0.4) is 0 Å². The van der Waals surface area contributed by atoms with E-state index in [-0.39, 0.29) is 11.9 Å². The molecule has 1 aromatic carbocycles. The lowest BCUT2D eigenvalue weighted by Gasteiger charge is -2.30. The Bertz CT molecular complexity index is 690. The normalized spacial score (nSPS) is 18.9. The van der Waals surface area contributed by atoms with Gasteiger partial charge in [0.1, 0.15) is 0 Å². The summed E-state index contributed by atoms with van der Waals surface area (Å²) in [5.41, 5.74) is 2.69. The number of likely N-dealkylation sites (tertiary alicyclic amines) is 1. The molecular weight excluding hydrogens is 302 g/mol. The Morgan fingerprint density at radius 1 is 1.33 bits per heavy atom. The second kappa shape index (κ2) is 7.45. The lowest BCUT2D eigenvalue weighted by molar-refractivity contribution is 0.0474. The quantitative estimate of drug-likeness (QED) is 0.907. The Hall–Kier alpha value is -2.40. The van der Waals surface area contributed by atoms with E-state index in [2.05, 4.69) is 17.2 Å². The first-order valence-electron chi connectivity index (χ1n) is 8.37. The largest absolute Gasteiger partial charge is 0.391 e. The van der Waals surface area contributed by atoms with Crippen LogP contribution >= 0.6 is 0 Å². The van der Waals surface area contributed by atoms with Crippen LogP contribution in [0.25, 0.3) is 0 Å². The Morgan fingerprint density at radius 3 is 2.88 bits per heavy atom. The van der Waals surface area contributed by atoms with Crippen molar-refractivity contribution in [2.24, 2.45) is 0 Å². The van der Waals surface area contributed by atoms with Crippen molar-refractivity contribution in [3.05, 3.63) is 59.9 Å². The average molecular weight is 325 g/mol. The molecule has 0 bridgehead atoms. The maximum absolute atomic E-state index is 12.6. The van der Waals surface area contributed by atoms with Gasteiger partial charge in [-0.3, -0.25) is 9.78 Å². The Labute approximate surface area is 142 Å². The van der Waals surface area contributed by atoms with Gasteiger partial charge in [-0.15, -0.1) is 0 Å². The van der Waals surface area contributed by atoms with Crippen LogP contribution in [0, 0.1) is 0 Å². The number of rotatable bonds is 4. The number of benzene rings is 1. The second-order valence-electron chi connectivity index (χ2n) is 6.27. The summed E-state index contributed by atoms with van der Waals surface area (Å²) in [6, 6.07) is 11.6. The summed E-state index contributed by atoms with van der Waals surface area (Å²) in [5.74, 6) is -0.0195. The van der Waals surface area contributed by atoms with Crippen molar-refractivity contribution < 1.29 is 9.90 Å². The molecule has 0 saturated carbocycles. The summed E-state index contributed by atoms with van der Waals surface area (Å²) in [6.07, 6.45) is 4.76. The van der Waals surface area contributed by atoms with Gasteiger partial charge >= 0.3 is 0 Å². The number of pyridine rings is 1. The van der Waals surface area contributed by atoms with Crippen molar-refractivity contribution >= 4 is 11.6 Å². The zero-order chi connectivity index (χ0) is 16.9. The van der Waals surface area contributed by atoms with E-state index in [0.29, 0.717) is 18.7 Å². The number of nitrogens with one attached hydrogen (secondary N) is 1. The van der Waals surface area contributed by atoms with Gasteiger partial charge in [-0.25, -0.2) is 0 Å². The Kier molecular flexibility index (Phi) is 5.11. The molecule has 1 aliphatic rings. The molecule has 2 atom stereocenters. The van der Waals surface area contributed by atoms with Gasteiger partial charge in [0.25, 0.3) is 5.91 Å². The minimum Gasteiger partial charge on any atom is -0.391 e. The highest BCUT2D eigenvalue weighted by Gasteiger charge is 2.23. The number of aliphatic hydroxyl groups is 1. The third-order valence-corrected chi connectivity index (χ3v) is 4.38. The topological polar surface area (TPSA) is 65.5 Å². The van der Waals surface area contributed by atoms with Gasteiger partial charge < -0.3 is 15.3 Å². The minimum absolute atomic E-state index is 0.0195. The molecule has 2 aromatic rings. The van der Waals surface area contributed by atoms with Crippen molar-refractivity contribution in [3.8, 4) is 0 Å². The molecule has 5 nitrogen and oxygen atoms in total. The molecule has 2 N–H and O–H groups in total. The molecule has 2 unspecified atom stereocenters. The molecular formula is C19H23N3O2. The first-order chi connectivity index (χ1) is 11.6. The van der Waals surface area contributed by atoms with Gasteiger partial charge in [0.05, 0.1) is 6.10 Å². The van der Waals surface area contributed by atoms with Crippen molar-refractivity contribution in [2.75, 3.05) is 18.4 Å². The molecule has 1 saturated heterocycles. The van der Waals surface area contributed by atoms with Crippen molar-refractivity contribution in [3.63, 3.8) is 0 Å². The van der Waals surface area contributed by atoms with E-state index in [1.54, 1.807) is 17.3 Å². The summed E-state index contributed by atoms with van der Waals surface area (Å²) in [6.45, 7) is 3.20. The number of amides is 1. The highest BCUT2D eigenvalue weighted by Crippen LogP contribution is 2.21. The number of aromatic nitrogens is 1. The van der Waals surface area contributed by atoms with Crippen LogP contribution < -0.4 is 5.32 Å². The van der Waals surface area contributed by atoms with Crippen LogP contribution in [0.1, 0.15) is 41.7 Å². The van der Waals surface area contributed by atoms with Gasteiger partial charge in [0, 0.05) is 42.8 Å². The van der Waals surface area contributed by atoms with Crippen molar-refractivity contribution in [1.82, 2.24) is 9.88 Å². The summed E-state index contributed by atoms with van der Waals surface area (Å²) < 4.78 is 0. The molecule has 2 heterocycles. The fourth-order valence-corrected chi connectivity index (χ4v) is 3.05. The van der Waals surface area contributed by atoms with Crippen LogP contribution in [-0.4, -0.2) is 40.1 Å². The van der Waals surface area contributed by atoms with Crippen LogP contribution in [0.5, 0.6) is 0 Å². The van der Waals surface area contributed by atoms with Gasteiger partial charge in [-0.05, 0) is 55.7 Å².